The Labute approximate surface area is 100 Å². The van der Waals surface area contributed by atoms with E-state index in [4.69, 9.17) is 0 Å². The average molecular weight is 223 g/mol. The highest BCUT2D eigenvalue weighted by Gasteiger charge is 2.22. The van der Waals surface area contributed by atoms with Crippen molar-refractivity contribution in [2.24, 2.45) is 0 Å². The summed E-state index contributed by atoms with van der Waals surface area (Å²) < 4.78 is 0. The standard InChI is InChI=1S/C15H13NO/c1-10-4-2-5-12-11(10)7-8-14-13(15(12)17)6-3-9-16-14/h2-6,9H,7-8H2,1H3. The van der Waals surface area contributed by atoms with Crippen LogP contribution in [0.2, 0.25) is 0 Å². The Hall–Kier alpha value is -1.96. The summed E-state index contributed by atoms with van der Waals surface area (Å²) in [5, 5.41) is 0. The van der Waals surface area contributed by atoms with Gasteiger partial charge in [-0.15, -0.1) is 0 Å². The van der Waals surface area contributed by atoms with E-state index in [9.17, 15) is 4.79 Å². The summed E-state index contributed by atoms with van der Waals surface area (Å²) in [6.07, 6.45) is 3.51. The van der Waals surface area contributed by atoms with E-state index in [1.165, 1.54) is 11.1 Å². The summed E-state index contributed by atoms with van der Waals surface area (Å²) >= 11 is 0. The molecule has 0 N–H and O–H groups in total. The van der Waals surface area contributed by atoms with Gasteiger partial charge in [0.1, 0.15) is 0 Å². The van der Waals surface area contributed by atoms with Crippen molar-refractivity contribution in [3.8, 4) is 0 Å². The topological polar surface area (TPSA) is 30.0 Å². The highest BCUT2D eigenvalue weighted by atomic mass is 16.1. The highest BCUT2D eigenvalue weighted by Crippen LogP contribution is 2.25. The van der Waals surface area contributed by atoms with Crippen LogP contribution in [0.5, 0.6) is 0 Å². The molecule has 0 unspecified atom stereocenters. The van der Waals surface area contributed by atoms with Crippen molar-refractivity contribution in [1.29, 1.82) is 0 Å². The third-order valence-corrected chi connectivity index (χ3v) is 3.40. The summed E-state index contributed by atoms with van der Waals surface area (Å²) in [5.41, 5.74) is 4.90. The third-order valence-electron chi connectivity index (χ3n) is 3.40. The second kappa shape index (κ2) is 3.81. The normalized spacial score (nSPS) is 13.8. The maximum absolute atomic E-state index is 12.4. The Morgan fingerprint density at radius 2 is 1.88 bits per heavy atom. The molecule has 0 radical (unpaired) electrons. The van der Waals surface area contributed by atoms with E-state index in [0.29, 0.717) is 0 Å². The lowest BCUT2D eigenvalue weighted by Crippen LogP contribution is -2.05. The molecule has 84 valence electrons. The predicted molar refractivity (Wildman–Crippen MR) is 66.3 cm³/mol. The van der Waals surface area contributed by atoms with Crippen LogP contribution in [0, 0.1) is 6.92 Å². The predicted octanol–water partition coefficient (Wildman–Crippen LogP) is 2.72. The van der Waals surface area contributed by atoms with Crippen molar-refractivity contribution in [3.63, 3.8) is 0 Å². The molecular weight excluding hydrogens is 210 g/mol. The molecule has 17 heavy (non-hydrogen) atoms. The number of carbonyl (C=O) groups excluding carboxylic acids is 1. The lowest BCUT2D eigenvalue weighted by atomic mass is 9.96. The Morgan fingerprint density at radius 1 is 1.06 bits per heavy atom. The van der Waals surface area contributed by atoms with Gasteiger partial charge in [-0.3, -0.25) is 9.78 Å². The second-order valence-corrected chi connectivity index (χ2v) is 4.43. The van der Waals surface area contributed by atoms with Crippen LogP contribution in [-0.2, 0) is 12.8 Å². The first-order valence-corrected chi connectivity index (χ1v) is 5.84. The summed E-state index contributed by atoms with van der Waals surface area (Å²) in [5.74, 6) is 0.115. The molecule has 0 aliphatic heterocycles. The van der Waals surface area contributed by atoms with Crippen LogP contribution in [-0.4, -0.2) is 10.8 Å². The molecule has 0 bridgehead atoms. The molecule has 2 nitrogen and oxygen atoms in total. The Bertz CT molecular complexity index is 602. The van der Waals surface area contributed by atoms with Crippen LogP contribution in [0.15, 0.2) is 36.5 Å². The van der Waals surface area contributed by atoms with Gasteiger partial charge in [-0.05, 0) is 43.0 Å². The van der Waals surface area contributed by atoms with Crippen molar-refractivity contribution in [2.45, 2.75) is 19.8 Å². The zero-order valence-corrected chi connectivity index (χ0v) is 9.73. The number of benzene rings is 1. The van der Waals surface area contributed by atoms with Gasteiger partial charge in [0, 0.05) is 17.3 Å². The van der Waals surface area contributed by atoms with Gasteiger partial charge < -0.3 is 0 Å². The van der Waals surface area contributed by atoms with Gasteiger partial charge in [0.15, 0.2) is 5.78 Å². The minimum Gasteiger partial charge on any atom is -0.289 e. The molecule has 1 aliphatic rings. The fourth-order valence-corrected chi connectivity index (χ4v) is 2.48. The van der Waals surface area contributed by atoms with Crippen LogP contribution in [0.4, 0.5) is 0 Å². The fourth-order valence-electron chi connectivity index (χ4n) is 2.48. The Kier molecular flexibility index (Phi) is 2.29. The first-order chi connectivity index (χ1) is 8.27. The molecule has 2 aromatic rings. The van der Waals surface area contributed by atoms with Crippen LogP contribution < -0.4 is 0 Å². The van der Waals surface area contributed by atoms with Crippen molar-refractivity contribution < 1.29 is 4.79 Å². The van der Waals surface area contributed by atoms with Crippen LogP contribution in [0.1, 0.15) is 32.7 Å². The molecule has 0 saturated carbocycles. The SMILES string of the molecule is Cc1cccc2c1CCc1ncccc1C2=O. The zero-order chi connectivity index (χ0) is 11.8. The van der Waals surface area contributed by atoms with Gasteiger partial charge in [0.2, 0.25) is 0 Å². The van der Waals surface area contributed by atoms with Crippen LogP contribution in [0.25, 0.3) is 0 Å². The van der Waals surface area contributed by atoms with Crippen molar-refractivity contribution in [2.75, 3.05) is 0 Å². The van der Waals surface area contributed by atoms with Crippen molar-refractivity contribution in [3.05, 3.63) is 64.5 Å². The summed E-state index contributed by atoms with van der Waals surface area (Å²) in [7, 11) is 0. The number of fused-ring (bicyclic) bond motifs is 2. The highest BCUT2D eigenvalue weighted by molar-refractivity contribution is 6.11. The molecule has 1 heterocycles. The molecule has 0 saturated heterocycles. The molecule has 0 fully saturated rings. The van der Waals surface area contributed by atoms with Gasteiger partial charge in [-0.25, -0.2) is 0 Å². The van der Waals surface area contributed by atoms with E-state index in [0.717, 1.165) is 29.7 Å². The zero-order valence-electron chi connectivity index (χ0n) is 9.73. The summed E-state index contributed by atoms with van der Waals surface area (Å²) in [6.45, 7) is 2.07. The van der Waals surface area contributed by atoms with Gasteiger partial charge in [-0.2, -0.15) is 0 Å². The summed E-state index contributed by atoms with van der Waals surface area (Å²) in [6, 6.07) is 9.65. The minimum atomic E-state index is 0.115. The number of aryl methyl sites for hydroxylation is 2. The van der Waals surface area contributed by atoms with E-state index in [2.05, 4.69) is 18.0 Å². The molecular formula is C15H13NO. The van der Waals surface area contributed by atoms with E-state index >= 15 is 0 Å². The lowest BCUT2D eigenvalue weighted by molar-refractivity contribution is 0.103. The van der Waals surface area contributed by atoms with Crippen molar-refractivity contribution >= 4 is 5.78 Å². The molecule has 1 aliphatic carbocycles. The van der Waals surface area contributed by atoms with Crippen LogP contribution in [0.3, 0.4) is 0 Å². The number of nitrogens with zero attached hydrogens (tertiary/aromatic N) is 1. The van der Waals surface area contributed by atoms with Crippen molar-refractivity contribution in [1.82, 2.24) is 4.98 Å². The number of aromatic nitrogens is 1. The van der Waals surface area contributed by atoms with Gasteiger partial charge in [-0.1, -0.05) is 18.2 Å². The minimum absolute atomic E-state index is 0.115. The molecule has 1 aromatic carbocycles. The van der Waals surface area contributed by atoms with E-state index in [-0.39, 0.29) is 5.78 Å². The number of rotatable bonds is 0. The molecule has 0 atom stereocenters. The molecule has 1 aromatic heterocycles. The summed E-state index contributed by atoms with van der Waals surface area (Å²) in [4.78, 5) is 16.8. The Balaban J connectivity index is 2.24. The van der Waals surface area contributed by atoms with Gasteiger partial charge >= 0.3 is 0 Å². The van der Waals surface area contributed by atoms with Gasteiger partial charge in [0.25, 0.3) is 0 Å². The third kappa shape index (κ3) is 1.57. The molecule has 3 rings (SSSR count). The molecule has 0 amide bonds. The number of pyridine rings is 1. The van der Waals surface area contributed by atoms with Gasteiger partial charge in [0.05, 0.1) is 5.69 Å². The largest absolute Gasteiger partial charge is 0.289 e. The molecule has 0 spiro atoms. The van der Waals surface area contributed by atoms with E-state index < -0.39 is 0 Å². The maximum Gasteiger partial charge on any atom is 0.195 e. The van der Waals surface area contributed by atoms with E-state index in [1.54, 1.807) is 6.20 Å². The van der Waals surface area contributed by atoms with E-state index in [1.807, 2.05) is 24.3 Å². The number of ketones is 1. The van der Waals surface area contributed by atoms with Crippen LogP contribution >= 0.6 is 0 Å². The average Bonchev–Trinajstić information content (AvgIpc) is 2.50. The Morgan fingerprint density at radius 3 is 2.76 bits per heavy atom. The fraction of sp³-hybridized carbons (Fsp3) is 0.200. The number of hydrogen-bond acceptors (Lipinski definition) is 2. The molecule has 2 heteroatoms. The maximum atomic E-state index is 12.4. The smallest absolute Gasteiger partial charge is 0.195 e. The number of carbonyl (C=O) groups is 1. The first kappa shape index (κ1) is 10.2. The lowest BCUT2D eigenvalue weighted by Gasteiger charge is -2.07. The first-order valence-electron chi connectivity index (χ1n) is 5.84. The monoisotopic (exact) mass is 223 g/mol. The second-order valence-electron chi connectivity index (χ2n) is 4.43. The number of hydrogen-bond donors (Lipinski definition) is 0. The quantitative estimate of drug-likeness (QED) is 0.687.